The molecule has 0 radical (unpaired) electrons. The van der Waals surface area contributed by atoms with E-state index in [1.165, 1.54) is 37.5 Å². The third kappa shape index (κ3) is 15.1. The van der Waals surface area contributed by atoms with E-state index >= 15 is 0 Å². The van der Waals surface area contributed by atoms with Crippen molar-refractivity contribution in [3.8, 4) is 68.7 Å². The smallest absolute Gasteiger partial charge is 0.311 e. The zero-order valence-corrected chi connectivity index (χ0v) is 38.4. The molecule has 0 atom stereocenters. The zero-order valence-electron chi connectivity index (χ0n) is 38.4. The summed E-state index contributed by atoms with van der Waals surface area (Å²) in [5.74, 6) is -1.28. The van der Waals surface area contributed by atoms with Gasteiger partial charge in [0.15, 0.2) is 17.5 Å². The van der Waals surface area contributed by atoms with Crippen molar-refractivity contribution < 1.29 is 43.9 Å². The summed E-state index contributed by atoms with van der Waals surface area (Å²) < 4.78 is 17.0. The number of esters is 3. The second kappa shape index (κ2) is 26.2. The largest absolute Gasteiger partial charge is 0.507 e. The molecule has 0 spiro atoms. The van der Waals surface area contributed by atoms with Crippen LogP contribution in [0.15, 0.2) is 36.4 Å². The number of hydrogen-bond acceptors (Lipinski definition) is 12. The molecule has 0 aliphatic carbocycles. The van der Waals surface area contributed by atoms with Gasteiger partial charge in [-0.1, -0.05) is 117 Å². The third-order valence-corrected chi connectivity index (χ3v) is 11.4. The van der Waals surface area contributed by atoms with Crippen LogP contribution >= 0.6 is 0 Å². The normalized spacial score (nSPS) is 11.1. The van der Waals surface area contributed by atoms with Gasteiger partial charge in [0.1, 0.15) is 34.5 Å². The van der Waals surface area contributed by atoms with Crippen molar-refractivity contribution in [1.82, 2.24) is 15.0 Å². The number of phenols is 3. The van der Waals surface area contributed by atoms with E-state index in [1.807, 2.05) is 0 Å². The highest BCUT2D eigenvalue weighted by molar-refractivity contribution is 5.80. The molecule has 0 bridgehead atoms. The fourth-order valence-corrected chi connectivity index (χ4v) is 7.33. The van der Waals surface area contributed by atoms with E-state index in [9.17, 15) is 29.7 Å². The van der Waals surface area contributed by atoms with Crippen LogP contribution in [0.1, 0.15) is 172 Å². The molecule has 3 N–H and O–H groups in total. The minimum atomic E-state index is -0.393. The summed E-state index contributed by atoms with van der Waals surface area (Å²) in [6, 6.07) is 9.31. The lowest BCUT2D eigenvalue weighted by molar-refractivity contribution is -0.135. The fraction of sp³-hybridized carbons (Fsp3) is 0.529. The number of nitrogens with zero attached hydrogens (tertiary/aromatic N) is 3. The summed E-state index contributed by atoms with van der Waals surface area (Å²) in [4.78, 5) is 52.3. The Balaban J connectivity index is 1.66. The molecule has 0 saturated heterocycles. The monoisotopic (exact) mass is 868 g/mol. The van der Waals surface area contributed by atoms with Gasteiger partial charge in [0.25, 0.3) is 0 Å². The lowest BCUT2D eigenvalue weighted by Crippen LogP contribution is -2.09. The molecule has 0 saturated carbocycles. The summed E-state index contributed by atoms with van der Waals surface area (Å²) in [7, 11) is 0. The minimum absolute atomic E-state index is 0.00135. The maximum Gasteiger partial charge on any atom is 0.311 e. The summed E-state index contributed by atoms with van der Waals surface area (Å²) >= 11 is 0. The van der Waals surface area contributed by atoms with Crippen LogP contribution in [-0.4, -0.2) is 48.2 Å². The van der Waals surface area contributed by atoms with E-state index in [4.69, 9.17) is 14.2 Å². The quantitative estimate of drug-likeness (QED) is 0.0294. The number of phenolic OH excluding ortho intramolecular Hbond substituents is 3. The van der Waals surface area contributed by atoms with Crippen LogP contribution < -0.4 is 14.2 Å². The highest BCUT2D eigenvalue weighted by atomic mass is 16.5. The van der Waals surface area contributed by atoms with Gasteiger partial charge >= 0.3 is 17.9 Å². The Morgan fingerprint density at radius 2 is 0.635 bits per heavy atom. The van der Waals surface area contributed by atoms with Gasteiger partial charge in [0, 0.05) is 36.0 Å². The van der Waals surface area contributed by atoms with Crippen molar-refractivity contribution in [2.45, 2.75) is 176 Å². The van der Waals surface area contributed by atoms with Gasteiger partial charge in [-0.3, -0.25) is 14.4 Å². The Morgan fingerprint density at radius 1 is 0.397 bits per heavy atom. The fourth-order valence-electron chi connectivity index (χ4n) is 7.33. The summed E-state index contributed by atoms with van der Waals surface area (Å²) in [6.07, 6.45) is 19.3. The Labute approximate surface area is 373 Å². The number of hydrogen-bond donors (Lipinski definition) is 3. The molecular formula is C51H69N3O9. The third-order valence-electron chi connectivity index (χ3n) is 11.4. The van der Waals surface area contributed by atoms with Crippen molar-refractivity contribution >= 4 is 17.9 Å². The second-order valence-electron chi connectivity index (χ2n) is 16.5. The number of benzene rings is 3. The summed E-state index contributed by atoms with van der Waals surface area (Å²) in [5.41, 5.74) is 1.43. The molecule has 12 nitrogen and oxygen atoms in total. The van der Waals surface area contributed by atoms with Crippen LogP contribution in [0.25, 0.3) is 34.2 Å². The molecule has 63 heavy (non-hydrogen) atoms. The number of aromatic hydroxyl groups is 3. The van der Waals surface area contributed by atoms with Crippen molar-refractivity contribution in [1.29, 1.82) is 0 Å². The van der Waals surface area contributed by atoms with E-state index < -0.39 is 17.9 Å². The Hall–Kier alpha value is -5.52. The molecule has 0 fully saturated rings. The van der Waals surface area contributed by atoms with Crippen LogP contribution in [0.4, 0.5) is 0 Å². The maximum atomic E-state index is 12.7. The van der Waals surface area contributed by atoms with Gasteiger partial charge < -0.3 is 29.5 Å². The Kier molecular flexibility index (Phi) is 20.8. The summed E-state index contributed by atoms with van der Waals surface area (Å²) in [5, 5.41) is 34.6. The van der Waals surface area contributed by atoms with Gasteiger partial charge in [-0.05, 0) is 76.4 Å². The number of unbranched alkanes of at least 4 members (excludes halogenated alkanes) is 15. The SMILES string of the molecule is CCCCCCCCC(=O)Oc1ccc(-c2nc(-c3ccc(OC(=O)CCCCCCCC)c(C)c3O)nc(-c3ccc(OC(=O)CCCCCCCC)c(C)c3O)n2)c(O)c1C. The standard InChI is InChI=1S/C51H69N3O9/c1-7-10-13-16-19-22-25-43(55)61-40-31-28-37(46(58)34(40)4)49-52-50(38-29-32-41(35(5)47(38)59)62-44(56)26-23-20-17-14-11-8-2)54-51(53-49)39-30-33-42(36(6)48(39)60)63-45(57)27-24-21-18-15-12-9-3/h28-33,58-60H,7-27H2,1-6H3. The molecule has 0 aliphatic rings. The highest BCUT2D eigenvalue weighted by Crippen LogP contribution is 2.42. The van der Waals surface area contributed by atoms with Crippen LogP contribution in [0.5, 0.6) is 34.5 Å². The number of carbonyl (C=O) groups is 3. The molecule has 3 aromatic carbocycles. The van der Waals surface area contributed by atoms with Gasteiger partial charge in [-0.25, -0.2) is 15.0 Å². The van der Waals surface area contributed by atoms with E-state index in [1.54, 1.807) is 39.0 Å². The van der Waals surface area contributed by atoms with Crippen molar-refractivity contribution in [2.24, 2.45) is 0 Å². The highest BCUT2D eigenvalue weighted by Gasteiger charge is 2.24. The molecule has 4 aromatic rings. The van der Waals surface area contributed by atoms with E-state index in [2.05, 4.69) is 35.7 Å². The second-order valence-corrected chi connectivity index (χ2v) is 16.5. The first kappa shape index (κ1) is 50.1. The number of aromatic nitrogens is 3. The van der Waals surface area contributed by atoms with Crippen molar-refractivity contribution in [2.75, 3.05) is 0 Å². The number of rotatable bonds is 27. The predicted octanol–water partition coefficient (Wildman–Crippen LogP) is 12.9. The average molecular weight is 868 g/mol. The number of carbonyl (C=O) groups excluding carboxylic acids is 3. The Morgan fingerprint density at radius 3 is 0.889 bits per heavy atom. The molecule has 0 unspecified atom stereocenters. The molecule has 4 rings (SSSR count). The van der Waals surface area contributed by atoms with Crippen LogP contribution in [0, 0.1) is 20.8 Å². The molecular weight excluding hydrogens is 799 g/mol. The van der Waals surface area contributed by atoms with E-state index in [0.717, 1.165) is 77.0 Å². The molecule has 0 aliphatic heterocycles. The predicted molar refractivity (Wildman–Crippen MR) is 246 cm³/mol. The molecule has 12 heteroatoms. The number of ether oxygens (including phenoxy) is 3. The first-order valence-electron chi connectivity index (χ1n) is 23.3. The molecule has 342 valence electrons. The molecule has 1 aromatic heterocycles. The maximum absolute atomic E-state index is 12.7. The lowest BCUT2D eigenvalue weighted by Gasteiger charge is -2.16. The first-order valence-corrected chi connectivity index (χ1v) is 23.3. The van der Waals surface area contributed by atoms with E-state index in [0.29, 0.717) is 36.0 Å². The van der Waals surface area contributed by atoms with Crippen LogP contribution in [-0.2, 0) is 14.4 Å². The van der Waals surface area contributed by atoms with Gasteiger partial charge in [-0.15, -0.1) is 0 Å². The van der Waals surface area contributed by atoms with Crippen LogP contribution in [0.2, 0.25) is 0 Å². The topological polar surface area (TPSA) is 178 Å². The average Bonchev–Trinajstić information content (AvgIpc) is 3.26. The van der Waals surface area contributed by atoms with Gasteiger partial charge in [0.2, 0.25) is 0 Å². The minimum Gasteiger partial charge on any atom is -0.507 e. The van der Waals surface area contributed by atoms with Gasteiger partial charge in [-0.2, -0.15) is 0 Å². The Bertz CT molecular complexity index is 1880. The summed E-state index contributed by atoms with van der Waals surface area (Å²) in [6.45, 7) is 11.3. The molecule has 0 amide bonds. The van der Waals surface area contributed by atoms with E-state index in [-0.39, 0.29) is 87.9 Å². The zero-order chi connectivity index (χ0) is 45.7. The first-order chi connectivity index (χ1) is 30.4. The molecule has 1 heterocycles. The van der Waals surface area contributed by atoms with Crippen molar-refractivity contribution in [3.63, 3.8) is 0 Å². The van der Waals surface area contributed by atoms with Crippen LogP contribution in [0.3, 0.4) is 0 Å². The lowest BCUT2D eigenvalue weighted by atomic mass is 10.0. The van der Waals surface area contributed by atoms with Crippen molar-refractivity contribution in [3.05, 3.63) is 53.1 Å². The van der Waals surface area contributed by atoms with Gasteiger partial charge in [0.05, 0.1) is 16.7 Å².